The van der Waals surface area contributed by atoms with Gasteiger partial charge >= 0.3 is 0 Å². The summed E-state index contributed by atoms with van der Waals surface area (Å²) in [7, 11) is 0. The van der Waals surface area contributed by atoms with Crippen molar-refractivity contribution in [3.63, 3.8) is 0 Å². The molecule has 6 heteroatoms. The van der Waals surface area contributed by atoms with Crippen LogP contribution in [-0.2, 0) is 0 Å². The summed E-state index contributed by atoms with van der Waals surface area (Å²) in [4.78, 5) is 0. The molecule has 4 N–H and O–H groups in total. The number of aromatic nitrogens is 3. The fourth-order valence-electron chi connectivity index (χ4n) is 1.65. The van der Waals surface area contributed by atoms with E-state index in [4.69, 9.17) is 10.6 Å². The summed E-state index contributed by atoms with van der Waals surface area (Å²) in [6.07, 6.45) is 1.64. The van der Waals surface area contributed by atoms with Gasteiger partial charge in [0.2, 0.25) is 0 Å². The van der Waals surface area contributed by atoms with E-state index in [1.54, 1.807) is 6.20 Å². The molecule has 2 aromatic rings. The Bertz CT molecular complexity index is 457. The van der Waals surface area contributed by atoms with Crippen LogP contribution < -0.4 is 16.0 Å². The van der Waals surface area contributed by atoms with Gasteiger partial charge in [0, 0.05) is 0 Å². The fraction of sp³-hybridized carbons (Fsp3) is 0.273. The minimum absolute atomic E-state index is 0.200. The molecule has 1 atom stereocenters. The molecule has 1 aromatic heterocycles. The van der Waals surface area contributed by atoms with Gasteiger partial charge in [0.25, 0.3) is 0 Å². The number of nitrogens with one attached hydrogen (secondary N) is 2. The van der Waals surface area contributed by atoms with Crippen molar-refractivity contribution in [3.8, 4) is 5.75 Å². The predicted octanol–water partition coefficient (Wildman–Crippen LogP) is 0.756. The van der Waals surface area contributed by atoms with Gasteiger partial charge in [-0.1, -0.05) is 12.1 Å². The lowest BCUT2D eigenvalue weighted by Gasteiger charge is -2.14. The van der Waals surface area contributed by atoms with Crippen LogP contribution in [0, 0.1) is 0 Å². The van der Waals surface area contributed by atoms with Crippen LogP contribution in [0.25, 0.3) is 0 Å². The first kappa shape index (κ1) is 11.6. The van der Waals surface area contributed by atoms with Gasteiger partial charge < -0.3 is 4.74 Å². The molecule has 2 rings (SSSR count). The van der Waals surface area contributed by atoms with Gasteiger partial charge in [0.05, 0.1) is 18.8 Å². The number of H-pyrrole nitrogens is 1. The minimum Gasteiger partial charge on any atom is -0.494 e. The van der Waals surface area contributed by atoms with Crippen molar-refractivity contribution in [1.82, 2.24) is 20.8 Å². The van der Waals surface area contributed by atoms with Crippen LogP contribution >= 0.6 is 0 Å². The highest BCUT2D eigenvalue weighted by Crippen LogP contribution is 2.22. The molecule has 0 aliphatic heterocycles. The van der Waals surface area contributed by atoms with Crippen molar-refractivity contribution in [3.05, 3.63) is 41.7 Å². The van der Waals surface area contributed by atoms with E-state index < -0.39 is 0 Å². The normalized spacial score (nSPS) is 12.4. The Morgan fingerprint density at radius 1 is 1.53 bits per heavy atom. The number of hydrogen-bond donors (Lipinski definition) is 3. The molecule has 17 heavy (non-hydrogen) atoms. The number of rotatable bonds is 5. The molecule has 0 aliphatic rings. The highest BCUT2D eigenvalue weighted by Gasteiger charge is 2.15. The summed E-state index contributed by atoms with van der Waals surface area (Å²) in [5.41, 5.74) is 4.43. The average molecular weight is 233 g/mol. The van der Waals surface area contributed by atoms with Gasteiger partial charge in [-0.05, 0) is 24.6 Å². The van der Waals surface area contributed by atoms with Gasteiger partial charge in [0.15, 0.2) is 0 Å². The highest BCUT2D eigenvalue weighted by molar-refractivity contribution is 5.33. The molecule has 0 aliphatic carbocycles. The molecule has 1 aromatic carbocycles. The molecule has 0 fully saturated rings. The van der Waals surface area contributed by atoms with E-state index in [0.717, 1.165) is 17.0 Å². The van der Waals surface area contributed by atoms with Crippen molar-refractivity contribution in [2.24, 2.45) is 5.84 Å². The van der Waals surface area contributed by atoms with Crippen molar-refractivity contribution >= 4 is 0 Å². The Hall–Kier alpha value is -1.92. The Labute approximate surface area is 99.1 Å². The van der Waals surface area contributed by atoms with E-state index >= 15 is 0 Å². The van der Waals surface area contributed by atoms with Crippen molar-refractivity contribution in [2.75, 3.05) is 6.61 Å². The standard InChI is InChI=1S/C11H15N5O/c1-2-17-9-5-3-4-8(6-9)11(14-12)10-7-13-16-15-10/h3-7,11,14H,2,12H2,1H3,(H,13,15,16). The molecule has 0 radical (unpaired) electrons. The molecule has 0 bridgehead atoms. The maximum atomic E-state index is 5.55. The maximum absolute atomic E-state index is 5.55. The number of nitrogens with zero attached hydrogens (tertiary/aromatic N) is 2. The van der Waals surface area contributed by atoms with Crippen LogP contribution in [0.1, 0.15) is 24.2 Å². The molecule has 0 spiro atoms. The summed E-state index contributed by atoms with van der Waals surface area (Å²) >= 11 is 0. The zero-order valence-electron chi connectivity index (χ0n) is 9.55. The van der Waals surface area contributed by atoms with Crippen LogP contribution in [0.5, 0.6) is 5.75 Å². The average Bonchev–Trinajstić information content (AvgIpc) is 2.85. The largest absolute Gasteiger partial charge is 0.494 e. The molecular formula is C11H15N5O. The van der Waals surface area contributed by atoms with Gasteiger partial charge in [-0.25, -0.2) is 5.43 Å². The lowest BCUT2D eigenvalue weighted by molar-refractivity contribution is 0.339. The topological polar surface area (TPSA) is 88.9 Å². The first-order valence-corrected chi connectivity index (χ1v) is 5.39. The second-order valence-corrected chi connectivity index (χ2v) is 3.50. The van der Waals surface area contributed by atoms with E-state index in [1.807, 2.05) is 31.2 Å². The van der Waals surface area contributed by atoms with E-state index in [-0.39, 0.29) is 6.04 Å². The van der Waals surface area contributed by atoms with Gasteiger partial charge in [0.1, 0.15) is 11.4 Å². The third-order valence-corrected chi connectivity index (χ3v) is 2.40. The highest BCUT2D eigenvalue weighted by atomic mass is 16.5. The van der Waals surface area contributed by atoms with Crippen LogP contribution in [0.2, 0.25) is 0 Å². The molecule has 6 nitrogen and oxygen atoms in total. The molecule has 0 amide bonds. The number of aromatic amines is 1. The number of hydrazine groups is 1. The molecule has 0 saturated heterocycles. The van der Waals surface area contributed by atoms with E-state index in [2.05, 4.69) is 20.8 Å². The first-order chi connectivity index (χ1) is 8.35. The molecule has 0 saturated carbocycles. The van der Waals surface area contributed by atoms with E-state index in [9.17, 15) is 0 Å². The van der Waals surface area contributed by atoms with Gasteiger partial charge in [-0.2, -0.15) is 15.4 Å². The van der Waals surface area contributed by atoms with E-state index in [0.29, 0.717) is 6.61 Å². The number of benzene rings is 1. The fourth-order valence-corrected chi connectivity index (χ4v) is 1.65. The van der Waals surface area contributed by atoms with Crippen LogP contribution in [-0.4, -0.2) is 22.0 Å². The third-order valence-electron chi connectivity index (χ3n) is 2.40. The van der Waals surface area contributed by atoms with Crippen LogP contribution in [0.4, 0.5) is 0 Å². The predicted molar refractivity (Wildman–Crippen MR) is 63.2 cm³/mol. The first-order valence-electron chi connectivity index (χ1n) is 5.39. The molecule has 1 heterocycles. The Kier molecular flexibility index (Phi) is 3.69. The summed E-state index contributed by atoms with van der Waals surface area (Å²) in [5, 5.41) is 10.4. The monoisotopic (exact) mass is 233 g/mol. The Balaban J connectivity index is 2.28. The summed E-state index contributed by atoms with van der Waals surface area (Å²) in [5.74, 6) is 6.36. The zero-order chi connectivity index (χ0) is 12.1. The number of hydrogen-bond acceptors (Lipinski definition) is 5. The molecular weight excluding hydrogens is 218 g/mol. The van der Waals surface area contributed by atoms with Crippen molar-refractivity contribution < 1.29 is 4.74 Å². The van der Waals surface area contributed by atoms with Crippen LogP contribution in [0.3, 0.4) is 0 Å². The Morgan fingerprint density at radius 3 is 3.06 bits per heavy atom. The SMILES string of the molecule is CCOc1cccc(C(NN)c2cn[nH]n2)c1. The van der Waals surface area contributed by atoms with Gasteiger partial charge in [-0.15, -0.1) is 0 Å². The lowest BCUT2D eigenvalue weighted by Crippen LogP contribution is -2.29. The molecule has 90 valence electrons. The second-order valence-electron chi connectivity index (χ2n) is 3.50. The minimum atomic E-state index is -0.200. The smallest absolute Gasteiger partial charge is 0.119 e. The van der Waals surface area contributed by atoms with Crippen molar-refractivity contribution in [1.29, 1.82) is 0 Å². The second kappa shape index (κ2) is 5.42. The number of ether oxygens (including phenoxy) is 1. The Morgan fingerprint density at radius 2 is 2.41 bits per heavy atom. The third kappa shape index (κ3) is 2.61. The lowest BCUT2D eigenvalue weighted by atomic mass is 10.0. The molecule has 1 unspecified atom stereocenters. The van der Waals surface area contributed by atoms with Crippen molar-refractivity contribution in [2.45, 2.75) is 13.0 Å². The number of nitrogens with two attached hydrogens (primary N) is 1. The van der Waals surface area contributed by atoms with Gasteiger partial charge in [-0.3, -0.25) is 5.84 Å². The zero-order valence-corrected chi connectivity index (χ0v) is 9.55. The maximum Gasteiger partial charge on any atom is 0.119 e. The summed E-state index contributed by atoms with van der Waals surface area (Å²) < 4.78 is 5.45. The summed E-state index contributed by atoms with van der Waals surface area (Å²) in [6.45, 7) is 2.58. The van der Waals surface area contributed by atoms with Crippen LogP contribution in [0.15, 0.2) is 30.5 Å². The van der Waals surface area contributed by atoms with E-state index in [1.165, 1.54) is 0 Å². The quantitative estimate of drug-likeness (QED) is 0.524. The summed E-state index contributed by atoms with van der Waals surface area (Å²) in [6, 6.07) is 7.52.